The summed E-state index contributed by atoms with van der Waals surface area (Å²) in [6, 6.07) is 7.81. The van der Waals surface area contributed by atoms with E-state index in [1.165, 1.54) is 0 Å². The van der Waals surface area contributed by atoms with E-state index >= 15 is 0 Å². The molecule has 1 aliphatic rings. The molecule has 1 saturated carbocycles. The van der Waals surface area contributed by atoms with Gasteiger partial charge in [-0.3, -0.25) is 0 Å². The van der Waals surface area contributed by atoms with Crippen molar-refractivity contribution in [2.45, 2.75) is 24.7 Å². The van der Waals surface area contributed by atoms with Crippen molar-refractivity contribution in [3.8, 4) is 5.75 Å². The van der Waals surface area contributed by atoms with Crippen LogP contribution in [0.2, 0.25) is 0 Å². The lowest BCUT2D eigenvalue weighted by molar-refractivity contribution is -0.132. The zero-order valence-corrected chi connectivity index (χ0v) is 12.2. The van der Waals surface area contributed by atoms with Crippen LogP contribution in [0.15, 0.2) is 40.9 Å². The zero-order chi connectivity index (χ0) is 15.7. The molecule has 1 fully saturated rings. The highest BCUT2D eigenvalue weighted by atomic mass is 16.5. The minimum atomic E-state index is -1.06. The van der Waals surface area contributed by atoms with Crippen LogP contribution in [0.4, 0.5) is 0 Å². The lowest BCUT2D eigenvalue weighted by atomic mass is 9.95. The fourth-order valence-corrected chi connectivity index (χ4v) is 2.46. The molecule has 6 heteroatoms. The first-order chi connectivity index (χ1) is 10.5. The van der Waals surface area contributed by atoms with Gasteiger partial charge in [-0.25, -0.2) is 4.79 Å². The van der Waals surface area contributed by atoms with Crippen LogP contribution >= 0.6 is 0 Å². The van der Waals surface area contributed by atoms with Crippen LogP contribution < -0.4 is 4.74 Å². The summed E-state index contributed by atoms with van der Waals surface area (Å²) in [5, 5.41) is 12.9. The minimum Gasteiger partial charge on any atom is -0.497 e. The van der Waals surface area contributed by atoms with Crippen molar-refractivity contribution >= 4 is 5.97 Å². The van der Waals surface area contributed by atoms with E-state index in [1.807, 2.05) is 24.3 Å². The molecule has 0 spiro atoms. The Morgan fingerprint density at radius 3 is 2.64 bits per heavy atom. The second-order valence-corrected chi connectivity index (χ2v) is 5.41. The molecule has 1 aliphatic carbocycles. The summed E-state index contributed by atoms with van der Waals surface area (Å²) >= 11 is 0. The van der Waals surface area contributed by atoms with Crippen molar-refractivity contribution in [2.24, 2.45) is 0 Å². The number of carboxylic acid groups (broad SMARTS) is 1. The molecule has 6 nitrogen and oxygen atoms in total. The van der Waals surface area contributed by atoms with Gasteiger partial charge in [0, 0.05) is 5.57 Å². The molecule has 0 bridgehead atoms. The van der Waals surface area contributed by atoms with Gasteiger partial charge in [-0.2, -0.15) is 4.98 Å². The number of aliphatic carboxylic acids is 1. The Hall–Kier alpha value is -2.63. The van der Waals surface area contributed by atoms with Crippen LogP contribution in [0, 0.1) is 0 Å². The number of carboxylic acids is 1. The Bertz CT molecular complexity index is 714. The Labute approximate surface area is 127 Å². The van der Waals surface area contributed by atoms with E-state index in [0.29, 0.717) is 5.82 Å². The molecule has 1 N–H and O–H groups in total. The predicted molar refractivity (Wildman–Crippen MR) is 77.8 cm³/mol. The lowest BCUT2D eigenvalue weighted by Gasteiger charge is -2.11. The van der Waals surface area contributed by atoms with Gasteiger partial charge in [0.1, 0.15) is 5.75 Å². The summed E-state index contributed by atoms with van der Waals surface area (Å²) in [6.07, 6.45) is 1.94. The second-order valence-electron chi connectivity index (χ2n) is 5.41. The summed E-state index contributed by atoms with van der Waals surface area (Å²) in [7, 11) is 1.63. The quantitative estimate of drug-likeness (QED) is 0.824. The van der Waals surface area contributed by atoms with Crippen LogP contribution in [0.1, 0.15) is 30.1 Å². The molecule has 0 radical (unpaired) electrons. The van der Waals surface area contributed by atoms with Crippen molar-refractivity contribution in [3.63, 3.8) is 0 Å². The molecule has 3 rings (SSSR count). The third kappa shape index (κ3) is 2.47. The number of hydrogen-bond donors (Lipinski definition) is 1. The van der Waals surface area contributed by atoms with Crippen molar-refractivity contribution in [1.29, 1.82) is 0 Å². The van der Waals surface area contributed by atoms with Gasteiger partial charge in [0.2, 0.25) is 5.89 Å². The Morgan fingerprint density at radius 1 is 1.41 bits per heavy atom. The van der Waals surface area contributed by atoms with E-state index in [-0.39, 0.29) is 23.3 Å². The smallest absolute Gasteiger partial charge is 0.331 e. The largest absolute Gasteiger partial charge is 0.497 e. The molecule has 0 aliphatic heterocycles. The van der Waals surface area contributed by atoms with Crippen LogP contribution in [-0.4, -0.2) is 28.3 Å². The molecule has 114 valence electrons. The van der Waals surface area contributed by atoms with E-state index in [2.05, 4.69) is 16.7 Å². The van der Waals surface area contributed by atoms with E-state index in [9.17, 15) is 4.79 Å². The average Bonchev–Trinajstić information content (AvgIpc) is 3.21. The number of carbonyl (C=O) groups is 1. The maximum Gasteiger partial charge on any atom is 0.331 e. The van der Waals surface area contributed by atoms with Gasteiger partial charge >= 0.3 is 5.97 Å². The molecule has 0 atom stereocenters. The van der Waals surface area contributed by atoms with E-state index < -0.39 is 5.97 Å². The number of hydrogen-bond acceptors (Lipinski definition) is 5. The van der Waals surface area contributed by atoms with E-state index in [0.717, 1.165) is 24.2 Å². The lowest BCUT2D eigenvalue weighted by Crippen LogP contribution is -2.11. The fraction of sp³-hybridized carbons (Fsp3) is 0.312. The number of nitrogens with zero attached hydrogens (tertiary/aromatic N) is 2. The molecule has 1 aromatic heterocycles. The van der Waals surface area contributed by atoms with Crippen molar-refractivity contribution in [2.75, 3.05) is 7.11 Å². The van der Waals surface area contributed by atoms with Crippen molar-refractivity contribution in [1.82, 2.24) is 10.1 Å². The van der Waals surface area contributed by atoms with Crippen LogP contribution in [0.25, 0.3) is 0 Å². The van der Waals surface area contributed by atoms with Crippen molar-refractivity contribution < 1.29 is 19.2 Å². The Kier molecular flexibility index (Phi) is 3.44. The van der Waals surface area contributed by atoms with Gasteiger partial charge in [-0.1, -0.05) is 23.9 Å². The van der Waals surface area contributed by atoms with Crippen molar-refractivity contribution in [3.05, 3.63) is 53.7 Å². The van der Waals surface area contributed by atoms with Gasteiger partial charge in [-0.05, 0) is 30.5 Å². The predicted octanol–water partition coefficient (Wildman–Crippen LogP) is 2.34. The molecule has 22 heavy (non-hydrogen) atoms. The summed E-state index contributed by atoms with van der Waals surface area (Å²) < 4.78 is 10.3. The topological polar surface area (TPSA) is 85.5 Å². The standard InChI is InChI=1S/C16H16N2O4/c1-10(14(19)20)9-13-17-15(18-22-13)16(7-8-16)11-3-5-12(21-2)6-4-11/h3-6H,1,7-9H2,2H3,(H,19,20). The van der Waals surface area contributed by atoms with Crippen LogP contribution in [-0.2, 0) is 16.6 Å². The SMILES string of the molecule is C=C(Cc1nc(C2(c3ccc(OC)cc3)CC2)no1)C(=O)O. The number of methoxy groups -OCH3 is 1. The van der Waals surface area contributed by atoms with E-state index in [4.69, 9.17) is 14.4 Å². The summed E-state index contributed by atoms with van der Waals surface area (Å²) in [6.45, 7) is 3.47. The van der Waals surface area contributed by atoms with Crippen LogP contribution in [0.3, 0.4) is 0 Å². The average molecular weight is 300 g/mol. The third-order valence-electron chi connectivity index (χ3n) is 3.96. The number of benzene rings is 1. The summed E-state index contributed by atoms with van der Waals surface area (Å²) in [5.74, 6) is 0.621. The molecular formula is C16H16N2O4. The van der Waals surface area contributed by atoms with Gasteiger partial charge in [0.15, 0.2) is 5.82 Å². The van der Waals surface area contributed by atoms with Gasteiger partial charge in [0.25, 0.3) is 0 Å². The first-order valence-corrected chi connectivity index (χ1v) is 6.94. The first kappa shape index (κ1) is 14.3. The number of rotatable bonds is 6. The fourth-order valence-electron chi connectivity index (χ4n) is 2.46. The number of aromatic nitrogens is 2. The maximum atomic E-state index is 10.8. The van der Waals surface area contributed by atoms with Gasteiger partial charge < -0.3 is 14.4 Å². The normalized spacial score (nSPS) is 15.3. The third-order valence-corrected chi connectivity index (χ3v) is 3.96. The highest BCUT2D eigenvalue weighted by molar-refractivity contribution is 5.86. The Morgan fingerprint density at radius 2 is 2.09 bits per heavy atom. The van der Waals surface area contributed by atoms with E-state index in [1.54, 1.807) is 7.11 Å². The minimum absolute atomic E-state index is 0.0319. The second kappa shape index (κ2) is 5.29. The maximum absolute atomic E-state index is 10.8. The first-order valence-electron chi connectivity index (χ1n) is 6.94. The highest BCUT2D eigenvalue weighted by Crippen LogP contribution is 2.52. The van der Waals surface area contributed by atoms with Gasteiger partial charge in [0.05, 0.1) is 18.9 Å². The molecule has 1 heterocycles. The highest BCUT2D eigenvalue weighted by Gasteiger charge is 2.50. The molecule has 0 saturated heterocycles. The van der Waals surface area contributed by atoms with Gasteiger partial charge in [-0.15, -0.1) is 0 Å². The summed E-state index contributed by atoms with van der Waals surface area (Å²) in [4.78, 5) is 15.2. The monoisotopic (exact) mass is 300 g/mol. The van der Waals surface area contributed by atoms with Crippen LogP contribution in [0.5, 0.6) is 5.75 Å². The number of ether oxygens (including phenoxy) is 1. The Balaban J connectivity index is 1.82. The molecular weight excluding hydrogens is 284 g/mol. The molecule has 1 aromatic carbocycles. The molecule has 0 unspecified atom stereocenters. The zero-order valence-electron chi connectivity index (χ0n) is 12.2. The summed E-state index contributed by atoms with van der Waals surface area (Å²) in [5.41, 5.74) is 0.917. The molecule has 2 aromatic rings. The molecule has 0 amide bonds.